The zero-order valence-corrected chi connectivity index (χ0v) is 8.07. The maximum absolute atomic E-state index is 5.79. The molecule has 2 aromatic rings. The summed E-state index contributed by atoms with van der Waals surface area (Å²) >= 11 is 5.79. The van der Waals surface area contributed by atoms with Crippen LogP contribution in [0, 0.1) is 0 Å². The van der Waals surface area contributed by atoms with Crippen LogP contribution >= 0.6 is 11.6 Å². The Labute approximate surface area is 86.8 Å². The van der Waals surface area contributed by atoms with Crippen molar-refractivity contribution < 1.29 is 0 Å². The van der Waals surface area contributed by atoms with E-state index in [4.69, 9.17) is 11.6 Å². The van der Waals surface area contributed by atoms with E-state index in [1.54, 1.807) is 24.7 Å². The van der Waals surface area contributed by atoms with E-state index in [-0.39, 0.29) is 0 Å². The lowest BCUT2D eigenvalue weighted by atomic mass is 10.4. The fraction of sp³-hybridized carbons (Fsp3) is 0. The van der Waals surface area contributed by atoms with Gasteiger partial charge in [0.25, 0.3) is 0 Å². The van der Waals surface area contributed by atoms with Crippen molar-refractivity contribution in [2.45, 2.75) is 0 Å². The average molecular weight is 206 g/mol. The molecule has 0 amide bonds. The SMILES string of the molecule is Clc1cncc(Nc2ccccn2)c1. The zero-order valence-electron chi connectivity index (χ0n) is 7.31. The van der Waals surface area contributed by atoms with Crippen LogP contribution in [0.4, 0.5) is 11.5 Å². The molecule has 3 nitrogen and oxygen atoms in total. The molecule has 2 aromatic heterocycles. The predicted molar refractivity (Wildman–Crippen MR) is 56.8 cm³/mol. The summed E-state index contributed by atoms with van der Waals surface area (Å²) in [6, 6.07) is 7.44. The lowest BCUT2D eigenvalue weighted by Gasteiger charge is -2.03. The first kappa shape index (κ1) is 8.97. The minimum absolute atomic E-state index is 0.603. The Morgan fingerprint density at radius 2 is 2.14 bits per heavy atom. The molecule has 0 atom stereocenters. The zero-order chi connectivity index (χ0) is 9.80. The molecule has 0 fully saturated rings. The third kappa shape index (κ3) is 2.20. The Balaban J connectivity index is 2.19. The van der Waals surface area contributed by atoms with E-state index in [0.29, 0.717) is 5.02 Å². The first-order valence-electron chi connectivity index (χ1n) is 4.13. The van der Waals surface area contributed by atoms with E-state index in [0.717, 1.165) is 11.5 Å². The average Bonchev–Trinajstić information content (AvgIpc) is 2.19. The highest BCUT2D eigenvalue weighted by Gasteiger charge is 1.95. The van der Waals surface area contributed by atoms with Gasteiger partial charge in [-0.25, -0.2) is 4.98 Å². The second-order valence-electron chi connectivity index (χ2n) is 2.73. The van der Waals surface area contributed by atoms with Crippen LogP contribution in [0.5, 0.6) is 0 Å². The van der Waals surface area contributed by atoms with Gasteiger partial charge in [0.05, 0.1) is 16.9 Å². The van der Waals surface area contributed by atoms with Crippen molar-refractivity contribution in [3.63, 3.8) is 0 Å². The first-order chi connectivity index (χ1) is 6.84. The molecule has 0 aliphatic heterocycles. The molecule has 0 aliphatic carbocycles. The number of nitrogens with zero attached hydrogens (tertiary/aromatic N) is 2. The number of aromatic nitrogens is 2. The number of pyridine rings is 2. The Kier molecular flexibility index (Phi) is 2.60. The predicted octanol–water partition coefficient (Wildman–Crippen LogP) is 2.87. The summed E-state index contributed by atoms with van der Waals surface area (Å²) in [6.07, 6.45) is 5.01. The van der Waals surface area contributed by atoms with Crippen molar-refractivity contribution >= 4 is 23.1 Å². The van der Waals surface area contributed by atoms with E-state index in [1.165, 1.54) is 0 Å². The third-order valence-electron chi connectivity index (χ3n) is 1.64. The van der Waals surface area contributed by atoms with Gasteiger partial charge >= 0.3 is 0 Å². The summed E-state index contributed by atoms with van der Waals surface area (Å²) in [6.45, 7) is 0. The third-order valence-corrected chi connectivity index (χ3v) is 1.85. The molecule has 1 N–H and O–H groups in total. The van der Waals surface area contributed by atoms with Gasteiger partial charge in [0, 0.05) is 12.4 Å². The van der Waals surface area contributed by atoms with Crippen molar-refractivity contribution in [3.05, 3.63) is 47.9 Å². The molecule has 0 saturated carbocycles. The van der Waals surface area contributed by atoms with Gasteiger partial charge in [-0.15, -0.1) is 0 Å². The van der Waals surface area contributed by atoms with Gasteiger partial charge in [0.15, 0.2) is 0 Å². The lowest BCUT2D eigenvalue weighted by Crippen LogP contribution is -1.92. The molecule has 0 radical (unpaired) electrons. The molecule has 2 heterocycles. The van der Waals surface area contributed by atoms with E-state index >= 15 is 0 Å². The Morgan fingerprint density at radius 3 is 2.86 bits per heavy atom. The Hall–Kier alpha value is -1.61. The van der Waals surface area contributed by atoms with Gasteiger partial charge in [-0.3, -0.25) is 4.98 Å². The summed E-state index contributed by atoms with van der Waals surface area (Å²) in [4.78, 5) is 8.08. The molecule has 70 valence electrons. The second-order valence-corrected chi connectivity index (χ2v) is 3.17. The van der Waals surface area contributed by atoms with E-state index in [1.807, 2.05) is 18.2 Å². The van der Waals surface area contributed by atoms with Crippen molar-refractivity contribution in [1.82, 2.24) is 9.97 Å². The molecule has 2 rings (SSSR count). The van der Waals surface area contributed by atoms with Gasteiger partial charge < -0.3 is 5.32 Å². The van der Waals surface area contributed by atoms with Crippen LogP contribution in [0.1, 0.15) is 0 Å². The molecule has 0 aromatic carbocycles. The van der Waals surface area contributed by atoms with Crippen molar-refractivity contribution in [2.24, 2.45) is 0 Å². The number of hydrogen-bond acceptors (Lipinski definition) is 3. The highest BCUT2D eigenvalue weighted by atomic mass is 35.5. The monoisotopic (exact) mass is 205 g/mol. The van der Waals surface area contributed by atoms with Gasteiger partial charge in [-0.2, -0.15) is 0 Å². The largest absolute Gasteiger partial charge is 0.339 e. The summed E-state index contributed by atoms with van der Waals surface area (Å²) in [5.74, 6) is 0.775. The fourth-order valence-electron chi connectivity index (χ4n) is 1.06. The molecule has 0 aliphatic rings. The molecule has 0 saturated heterocycles. The highest BCUT2D eigenvalue weighted by molar-refractivity contribution is 6.30. The number of halogens is 1. The van der Waals surface area contributed by atoms with E-state index < -0.39 is 0 Å². The first-order valence-corrected chi connectivity index (χ1v) is 4.51. The van der Waals surface area contributed by atoms with Crippen LogP contribution in [0.15, 0.2) is 42.9 Å². The lowest BCUT2D eigenvalue weighted by molar-refractivity contribution is 1.28. The molecular weight excluding hydrogens is 198 g/mol. The maximum atomic E-state index is 5.79. The van der Waals surface area contributed by atoms with Crippen LogP contribution in [-0.2, 0) is 0 Å². The standard InChI is InChI=1S/C10H8ClN3/c11-8-5-9(7-12-6-8)14-10-3-1-2-4-13-10/h1-7H,(H,13,14). The molecule has 0 bridgehead atoms. The fourth-order valence-corrected chi connectivity index (χ4v) is 1.24. The van der Waals surface area contributed by atoms with Crippen LogP contribution < -0.4 is 5.32 Å². The molecular formula is C10H8ClN3. The summed E-state index contributed by atoms with van der Waals surface area (Å²) in [7, 11) is 0. The van der Waals surface area contributed by atoms with Gasteiger partial charge in [0.2, 0.25) is 0 Å². The maximum Gasteiger partial charge on any atom is 0.130 e. The van der Waals surface area contributed by atoms with Crippen LogP contribution in [0.2, 0.25) is 5.02 Å². The highest BCUT2D eigenvalue weighted by Crippen LogP contribution is 2.16. The smallest absolute Gasteiger partial charge is 0.130 e. The number of hydrogen-bond donors (Lipinski definition) is 1. The van der Waals surface area contributed by atoms with Crippen LogP contribution in [0.3, 0.4) is 0 Å². The topological polar surface area (TPSA) is 37.8 Å². The quantitative estimate of drug-likeness (QED) is 0.819. The molecule has 14 heavy (non-hydrogen) atoms. The van der Waals surface area contributed by atoms with Gasteiger partial charge in [-0.05, 0) is 18.2 Å². The van der Waals surface area contributed by atoms with Crippen molar-refractivity contribution in [3.8, 4) is 0 Å². The minimum Gasteiger partial charge on any atom is -0.339 e. The van der Waals surface area contributed by atoms with Gasteiger partial charge in [0.1, 0.15) is 5.82 Å². The molecule has 0 spiro atoms. The molecule has 4 heteroatoms. The minimum atomic E-state index is 0.603. The normalized spacial score (nSPS) is 9.79. The van der Waals surface area contributed by atoms with Crippen molar-refractivity contribution in [1.29, 1.82) is 0 Å². The van der Waals surface area contributed by atoms with Gasteiger partial charge in [-0.1, -0.05) is 17.7 Å². The second kappa shape index (κ2) is 4.07. The van der Waals surface area contributed by atoms with E-state index in [9.17, 15) is 0 Å². The summed E-state index contributed by atoms with van der Waals surface area (Å²) in [5.41, 5.74) is 0.830. The van der Waals surface area contributed by atoms with Crippen molar-refractivity contribution in [2.75, 3.05) is 5.32 Å². The number of nitrogens with one attached hydrogen (secondary N) is 1. The summed E-state index contributed by atoms with van der Waals surface area (Å²) < 4.78 is 0. The number of anilines is 2. The Bertz CT molecular complexity index is 417. The van der Waals surface area contributed by atoms with E-state index in [2.05, 4.69) is 15.3 Å². The van der Waals surface area contributed by atoms with Crippen LogP contribution in [-0.4, -0.2) is 9.97 Å². The molecule has 0 unspecified atom stereocenters. The van der Waals surface area contributed by atoms with Crippen LogP contribution in [0.25, 0.3) is 0 Å². The summed E-state index contributed by atoms with van der Waals surface area (Å²) in [5, 5.41) is 3.69. The number of rotatable bonds is 2. The Morgan fingerprint density at radius 1 is 1.21 bits per heavy atom.